The van der Waals surface area contributed by atoms with Crippen molar-refractivity contribution < 1.29 is 0 Å². The molecule has 0 radical (unpaired) electrons. The van der Waals surface area contributed by atoms with E-state index in [1.165, 1.54) is 5.56 Å². The lowest BCUT2D eigenvalue weighted by Gasteiger charge is -2.17. The Labute approximate surface area is 177 Å². The monoisotopic (exact) mass is 398 g/mol. The lowest BCUT2D eigenvalue weighted by atomic mass is 9.99. The summed E-state index contributed by atoms with van der Waals surface area (Å²) in [5.74, 6) is 0.603. The molecule has 152 valence electrons. The third kappa shape index (κ3) is 4.05. The minimum absolute atomic E-state index is 0.0334. The molecular formula is C25H26N4O. The zero-order valence-corrected chi connectivity index (χ0v) is 17.5. The van der Waals surface area contributed by atoms with Crippen LogP contribution in [0.3, 0.4) is 0 Å². The van der Waals surface area contributed by atoms with Gasteiger partial charge in [0.2, 0.25) is 0 Å². The van der Waals surface area contributed by atoms with Crippen LogP contribution in [0, 0.1) is 24.2 Å². The van der Waals surface area contributed by atoms with Gasteiger partial charge in [-0.15, -0.1) is 0 Å². The fourth-order valence-electron chi connectivity index (χ4n) is 4.10. The van der Waals surface area contributed by atoms with Gasteiger partial charge < -0.3 is 9.88 Å². The number of nitrogens with zero attached hydrogens (tertiary/aromatic N) is 3. The third-order valence-corrected chi connectivity index (χ3v) is 5.92. The Morgan fingerprint density at radius 1 is 1.13 bits per heavy atom. The van der Waals surface area contributed by atoms with Crippen molar-refractivity contribution in [1.29, 1.82) is 5.26 Å². The van der Waals surface area contributed by atoms with Crippen molar-refractivity contribution >= 4 is 0 Å². The van der Waals surface area contributed by atoms with E-state index < -0.39 is 0 Å². The Bertz CT molecular complexity index is 1130. The van der Waals surface area contributed by atoms with Crippen molar-refractivity contribution in [3.05, 3.63) is 75.7 Å². The van der Waals surface area contributed by atoms with Crippen molar-refractivity contribution in [2.45, 2.75) is 26.2 Å². The van der Waals surface area contributed by atoms with Crippen molar-refractivity contribution in [1.82, 2.24) is 14.9 Å². The molecule has 1 saturated heterocycles. The van der Waals surface area contributed by atoms with Gasteiger partial charge >= 0.3 is 0 Å². The molecule has 0 aliphatic carbocycles. The summed E-state index contributed by atoms with van der Waals surface area (Å²) in [6, 6.07) is 17.7. The first kappa shape index (κ1) is 20.1. The third-order valence-electron chi connectivity index (χ3n) is 5.92. The zero-order valence-electron chi connectivity index (χ0n) is 17.5. The molecule has 3 aromatic rings. The van der Waals surface area contributed by atoms with Crippen molar-refractivity contribution in [2.75, 3.05) is 13.1 Å². The van der Waals surface area contributed by atoms with E-state index in [4.69, 9.17) is 10.2 Å². The Kier molecular flexibility index (Phi) is 5.78. The molecule has 2 heterocycles. The number of hydrogen-bond donors (Lipinski definition) is 1. The van der Waals surface area contributed by atoms with E-state index in [0.717, 1.165) is 48.4 Å². The summed E-state index contributed by atoms with van der Waals surface area (Å²) >= 11 is 0. The normalized spacial score (nSPS) is 15.8. The predicted molar refractivity (Wildman–Crippen MR) is 119 cm³/mol. The Balaban J connectivity index is 1.82. The highest BCUT2D eigenvalue weighted by Gasteiger charge is 2.20. The van der Waals surface area contributed by atoms with Gasteiger partial charge in [0, 0.05) is 18.2 Å². The van der Waals surface area contributed by atoms with E-state index in [2.05, 4.69) is 11.4 Å². The molecule has 0 spiro atoms. The van der Waals surface area contributed by atoms with Crippen LogP contribution in [0.4, 0.5) is 0 Å². The fraction of sp³-hybridized carbons (Fsp3) is 0.320. The van der Waals surface area contributed by atoms with Gasteiger partial charge in [0.1, 0.15) is 5.69 Å². The van der Waals surface area contributed by atoms with Crippen LogP contribution in [-0.2, 0) is 13.5 Å². The topological polar surface area (TPSA) is 70.7 Å². The molecule has 1 aliphatic rings. The first-order valence-electron chi connectivity index (χ1n) is 10.4. The highest BCUT2D eigenvalue weighted by atomic mass is 16.1. The summed E-state index contributed by atoms with van der Waals surface area (Å²) < 4.78 is 1.73. The van der Waals surface area contributed by atoms with Gasteiger partial charge in [0.05, 0.1) is 23.0 Å². The molecule has 5 nitrogen and oxygen atoms in total. The van der Waals surface area contributed by atoms with Gasteiger partial charge in [-0.05, 0) is 57.3 Å². The highest BCUT2D eigenvalue weighted by molar-refractivity contribution is 5.78. The number of benzene rings is 2. The maximum atomic E-state index is 13.2. The first-order chi connectivity index (χ1) is 14.6. The van der Waals surface area contributed by atoms with Crippen molar-refractivity contribution in [2.24, 2.45) is 13.0 Å². The maximum Gasteiger partial charge on any atom is 0.272 e. The summed E-state index contributed by atoms with van der Waals surface area (Å²) in [5.41, 5.74) is 5.80. The molecule has 4 rings (SSSR count). The van der Waals surface area contributed by atoms with Gasteiger partial charge in [-0.25, -0.2) is 4.98 Å². The smallest absolute Gasteiger partial charge is 0.272 e. The van der Waals surface area contributed by atoms with E-state index in [1.54, 1.807) is 16.7 Å². The minimum Gasteiger partial charge on any atom is -0.316 e. The van der Waals surface area contributed by atoms with E-state index in [9.17, 15) is 4.79 Å². The molecule has 0 saturated carbocycles. The van der Waals surface area contributed by atoms with Crippen molar-refractivity contribution in [3.8, 4) is 28.6 Å². The highest BCUT2D eigenvalue weighted by Crippen LogP contribution is 2.30. The van der Waals surface area contributed by atoms with E-state index >= 15 is 0 Å². The second-order valence-corrected chi connectivity index (χ2v) is 8.07. The van der Waals surface area contributed by atoms with Gasteiger partial charge in [0.25, 0.3) is 5.56 Å². The minimum atomic E-state index is -0.0334. The first-order valence-corrected chi connectivity index (χ1v) is 10.4. The molecule has 1 N–H and O–H groups in total. The van der Waals surface area contributed by atoms with Gasteiger partial charge in [-0.3, -0.25) is 4.79 Å². The van der Waals surface area contributed by atoms with E-state index in [1.807, 2.05) is 50.4 Å². The van der Waals surface area contributed by atoms with Crippen LogP contribution in [0.2, 0.25) is 0 Å². The van der Waals surface area contributed by atoms with Crippen LogP contribution >= 0.6 is 0 Å². The molecule has 0 unspecified atom stereocenters. The largest absolute Gasteiger partial charge is 0.316 e. The summed E-state index contributed by atoms with van der Waals surface area (Å²) in [4.78, 5) is 18.0. The number of aryl methyl sites for hydroxylation is 2. The lowest BCUT2D eigenvalue weighted by Crippen LogP contribution is -2.26. The lowest BCUT2D eigenvalue weighted by molar-refractivity contribution is 0.526. The van der Waals surface area contributed by atoms with Crippen LogP contribution in [-0.4, -0.2) is 22.6 Å². The molecule has 2 aromatic carbocycles. The molecule has 30 heavy (non-hydrogen) atoms. The number of nitriles is 1. The summed E-state index contributed by atoms with van der Waals surface area (Å²) in [5, 5.41) is 12.5. The summed E-state index contributed by atoms with van der Waals surface area (Å²) in [6.45, 7) is 4.12. The molecule has 1 aromatic heterocycles. The quantitative estimate of drug-likeness (QED) is 0.709. The number of nitrogens with one attached hydrogen (secondary N) is 1. The van der Waals surface area contributed by atoms with Crippen LogP contribution in [0.15, 0.2) is 53.3 Å². The Morgan fingerprint density at radius 3 is 2.47 bits per heavy atom. The van der Waals surface area contributed by atoms with E-state index in [0.29, 0.717) is 23.6 Å². The number of aromatic nitrogens is 2. The predicted octanol–water partition coefficient (Wildman–Crippen LogP) is 3.84. The molecule has 1 aliphatic heterocycles. The Morgan fingerprint density at radius 2 is 1.83 bits per heavy atom. The zero-order chi connectivity index (χ0) is 21.1. The molecule has 1 fully saturated rings. The van der Waals surface area contributed by atoms with Crippen LogP contribution in [0.5, 0.6) is 0 Å². The van der Waals surface area contributed by atoms with Gasteiger partial charge in [-0.2, -0.15) is 5.26 Å². The van der Waals surface area contributed by atoms with Crippen LogP contribution < -0.4 is 10.9 Å². The van der Waals surface area contributed by atoms with Gasteiger partial charge in [0.15, 0.2) is 0 Å². The van der Waals surface area contributed by atoms with Crippen LogP contribution in [0.1, 0.15) is 29.7 Å². The molecule has 5 heteroatoms. The Hall–Kier alpha value is -3.23. The van der Waals surface area contributed by atoms with Crippen LogP contribution in [0.25, 0.3) is 22.5 Å². The second kappa shape index (κ2) is 8.64. The average Bonchev–Trinajstić information content (AvgIpc) is 3.29. The van der Waals surface area contributed by atoms with Gasteiger partial charge in [-0.1, -0.05) is 42.0 Å². The summed E-state index contributed by atoms with van der Waals surface area (Å²) in [6.07, 6.45) is 2.80. The average molecular weight is 399 g/mol. The molecule has 0 amide bonds. The number of hydrogen-bond acceptors (Lipinski definition) is 4. The molecule has 1 atom stereocenters. The van der Waals surface area contributed by atoms with Crippen molar-refractivity contribution in [3.63, 3.8) is 0 Å². The number of rotatable bonds is 5. The second-order valence-electron chi connectivity index (χ2n) is 8.07. The standard InChI is InChI=1S/C25H26N4O/c1-17-3-8-21(9-4-17)24-23(20-10-5-18(15-26)6-11-20)28-22(25(30)29(24)2)12-7-19-13-14-27-16-19/h3-6,8-11,19,27H,7,12-14,16H2,1-2H3/t19-/m1/s1. The van der Waals surface area contributed by atoms with E-state index in [-0.39, 0.29) is 5.56 Å². The fourth-order valence-corrected chi connectivity index (χ4v) is 4.10. The molecule has 0 bridgehead atoms. The maximum absolute atomic E-state index is 13.2. The summed E-state index contributed by atoms with van der Waals surface area (Å²) in [7, 11) is 1.83. The SMILES string of the molecule is Cc1ccc(-c2c(-c3ccc(C#N)cc3)nc(CC[C@@H]3CCNC3)c(=O)n2C)cc1. The molecular weight excluding hydrogens is 372 g/mol.